The van der Waals surface area contributed by atoms with Gasteiger partial charge in [0.1, 0.15) is 30.0 Å². The van der Waals surface area contributed by atoms with E-state index in [4.69, 9.17) is 27.9 Å². The third kappa shape index (κ3) is 6.78. The predicted molar refractivity (Wildman–Crippen MR) is 114 cm³/mol. The number of nitrogens with zero attached hydrogens (tertiary/aromatic N) is 1. The van der Waals surface area contributed by atoms with Crippen LogP contribution in [0.4, 0.5) is 5.69 Å². The fourth-order valence-corrected chi connectivity index (χ4v) is 3.74. The zero-order valence-corrected chi connectivity index (χ0v) is 18.3. The first-order valence-corrected chi connectivity index (χ1v) is 11.2. The van der Waals surface area contributed by atoms with E-state index in [-0.39, 0.29) is 18.2 Å². The van der Waals surface area contributed by atoms with Crippen LogP contribution in [0, 0.1) is 6.92 Å². The molecule has 2 aromatic carbocycles. The number of aliphatic hydroxyl groups is 1. The number of sulfonamides is 1. The summed E-state index contributed by atoms with van der Waals surface area (Å²) in [4.78, 5) is 12.3. The maximum absolute atomic E-state index is 12.3. The molecular weight excluding hydrogens is 439 g/mol. The van der Waals surface area contributed by atoms with Crippen LogP contribution >= 0.6 is 23.2 Å². The van der Waals surface area contributed by atoms with Crippen LogP contribution in [0.3, 0.4) is 0 Å². The maximum atomic E-state index is 12.3. The zero-order chi connectivity index (χ0) is 21.6. The van der Waals surface area contributed by atoms with Crippen LogP contribution in [0.1, 0.15) is 5.56 Å². The summed E-state index contributed by atoms with van der Waals surface area (Å²) in [5.41, 5.74) is 1.14. The highest BCUT2D eigenvalue weighted by atomic mass is 35.5. The molecule has 7 nitrogen and oxygen atoms in total. The van der Waals surface area contributed by atoms with Gasteiger partial charge in [0.2, 0.25) is 15.9 Å². The molecule has 0 radical (unpaired) electrons. The molecule has 2 rings (SSSR count). The molecule has 0 aliphatic heterocycles. The van der Waals surface area contributed by atoms with Gasteiger partial charge in [-0.15, -0.1) is 0 Å². The second-order valence-electron chi connectivity index (χ2n) is 6.38. The number of aryl methyl sites for hydroxylation is 1. The first-order chi connectivity index (χ1) is 13.6. The van der Waals surface area contributed by atoms with E-state index in [0.29, 0.717) is 16.5 Å². The average Bonchev–Trinajstić information content (AvgIpc) is 2.65. The van der Waals surface area contributed by atoms with E-state index < -0.39 is 28.6 Å². The highest BCUT2D eigenvalue weighted by molar-refractivity contribution is 7.92. The quantitative estimate of drug-likeness (QED) is 0.599. The van der Waals surface area contributed by atoms with Crippen LogP contribution in [0.15, 0.2) is 42.5 Å². The molecule has 0 aromatic heterocycles. The van der Waals surface area contributed by atoms with Crippen molar-refractivity contribution in [2.45, 2.75) is 13.0 Å². The number of benzene rings is 2. The van der Waals surface area contributed by atoms with Crippen molar-refractivity contribution in [2.75, 3.05) is 30.3 Å². The SMILES string of the molecule is Cc1ccccc1N(CC(=O)NCC(O)COc1cccc(Cl)c1Cl)S(C)(=O)=O. The third-order valence-electron chi connectivity index (χ3n) is 3.95. The monoisotopic (exact) mass is 460 g/mol. The lowest BCUT2D eigenvalue weighted by molar-refractivity contribution is -0.120. The summed E-state index contributed by atoms with van der Waals surface area (Å²) in [7, 11) is -3.67. The predicted octanol–water partition coefficient (Wildman–Crippen LogP) is 2.62. The van der Waals surface area contributed by atoms with Crippen molar-refractivity contribution >= 4 is 44.8 Å². The van der Waals surface area contributed by atoms with Crippen LogP contribution in [0.25, 0.3) is 0 Å². The number of hydrogen-bond donors (Lipinski definition) is 2. The van der Waals surface area contributed by atoms with Crippen molar-refractivity contribution < 1.29 is 23.1 Å². The van der Waals surface area contributed by atoms with E-state index in [2.05, 4.69) is 5.32 Å². The summed E-state index contributed by atoms with van der Waals surface area (Å²) in [6, 6.07) is 11.7. The average molecular weight is 461 g/mol. The Morgan fingerprint density at radius 1 is 1.21 bits per heavy atom. The highest BCUT2D eigenvalue weighted by Crippen LogP contribution is 2.31. The number of rotatable bonds is 9. The fourth-order valence-electron chi connectivity index (χ4n) is 2.48. The second-order valence-corrected chi connectivity index (χ2v) is 9.07. The molecule has 29 heavy (non-hydrogen) atoms. The molecule has 0 bridgehead atoms. The van der Waals surface area contributed by atoms with E-state index in [0.717, 1.165) is 16.1 Å². The molecule has 1 atom stereocenters. The molecule has 10 heteroatoms. The van der Waals surface area contributed by atoms with Gasteiger partial charge in [0.25, 0.3) is 0 Å². The van der Waals surface area contributed by atoms with Crippen molar-refractivity contribution in [1.82, 2.24) is 5.32 Å². The molecular formula is C19H22Cl2N2O5S. The summed E-state index contributed by atoms with van der Waals surface area (Å²) in [5, 5.41) is 13.1. The van der Waals surface area contributed by atoms with E-state index in [1.807, 2.05) is 0 Å². The minimum Gasteiger partial charge on any atom is -0.489 e. The Kier molecular flexibility index (Phi) is 8.15. The first kappa shape index (κ1) is 23.3. The van der Waals surface area contributed by atoms with Gasteiger partial charge in [-0.2, -0.15) is 0 Å². The number of ether oxygens (including phenoxy) is 1. The second kappa shape index (κ2) is 10.2. The van der Waals surface area contributed by atoms with E-state index in [1.54, 1.807) is 49.4 Å². The molecule has 1 amide bonds. The van der Waals surface area contributed by atoms with Gasteiger partial charge in [0, 0.05) is 6.54 Å². The van der Waals surface area contributed by atoms with Gasteiger partial charge in [-0.05, 0) is 30.7 Å². The lowest BCUT2D eigenvalue weighted by atomic mass is 10.2. The maximum Gasteiger partial charge on any atom is 0.240 e. The molecule has 0 aliphatic carbocycles. The Labute approximate surface area is 180 Å². The van der Waals surface area contributed by atoms with Gasteiger partial charge < -0.3 is 15.2 Å². The summed E-state index contributed by atoms with van der Waals surface area (Å²) in [6.45, 7) is 1.10. The topological polar surface area (TPSA) is 95.9 Å². The van der Waals surface area contributed by atoms with Gasteiger partial charge in [-0.25, -0.2) is 8.42 Å². The Morgan fingerprint density at radius 3 is 2.55 bits per heavy atom. The number of para-hydroxylation sites is 1. The lowest BCUT2D eigenvalue weighted by Gasteiger charge is -2.24. The van der Waals surface area contributed by atoms with Crippen LogP contribution in [0.5, 0.6) is 5.75 Å². The van der Waals surface area contributed by atoms with Gasteiger partial charge in [-0.1, -0.05) is 47.5 Å². The molecule has 0 saturated heterocycles. The molecule has 0 aliphatic rings. The van der Waals surface area contributed by atoms with Crippen molar-refractivity contribution in [2.24, 2.45) is 0 Å². The van der Waals surface area contributed by atoms with Crippen molar-refractivity contribution in [3.05, 3.63) is 58.1 Å². The number of carbonyl (C=O) groups is 1. The Hall–Kier alpha value is -2.00. The van der Waals surface area contributed by atoms with Gasteiger partial charge in [0.15, 0.2) is 0 Å². The molecule has 1 unspecified atom stereocenters. The molecule has 158 valence electrons. The Morgan fingerprint density at radius 2 is 1.90 bits per heavy atom. The van der Waals surface area contributed by atoms with Gasteiger partial charge in [-0.3, -0.25) is 9.10 Å². The molecule has 0 spiro atoms. The lowest BCUT2D eigenvalue weighted by Crippen LogP contribution is -2.43. The van der Waals surface area contributed by atoms with Crippen molar-refractivity contribution in [1.29, 1.82) is 0 Å². The third-order valence-corrected chi connectivity index (χ3v) is 5.88. The standard InChI is InChI=1S/C19H22Cl2N2O5S/c1-13-6-3-4-8-16(13)23(29(2,26)27)11-18(25)22-10-14(24)12-28-17-9-5-7-15(20)19(17)21/h3-9,14,24H,10-12H2,1-2H3,(H,22,25). The van der Waals surface area contributed by atoms with E-state index in [1.165, 1.54) is 0 Å². The van der Waals surface area contributed by atoms with Crippen LogP contribution in [-0.2, 0) is 14.8 Å². The number of carbonyl (C=O) groups excluding carboxylic acids is 1. The first-order valence-electron chi connectivity index (χ1n) is 8.64. The van der Waals surface area contributed by atoms with Crippen molar-refractivity contribution in [3.8, 4) is 5.75 Å². The van der Waals surface area contributed by atoms with Crippen molar-refractivity contribution in [3.63, 3.8) is 0 Å². The van der Waals surface area contributed by atoms with E-state index in [9.17, 15) is 18.3 Å². The van der Waals surface area contributed by atoms with Gasteiger partial charge in [0.05, 0.1) is 17.0 Å². The fraction of sp³-hybridized carbons (Fsp3) is 0.316. The van der Waals surface area contributed by atoms with Crippen LogP contribution in [-0.4, -0.2) is 51.5 Å². The smallest absolute Gasteiger partial charge is 0.240 e. The number of anilines is 1. The van der Waals surface area contributed by atoms with Crippen LogP contribution < -0.4 is 14.4 Å². The zero-order valence-electron chi connectivity index (χ0n) is 15.9. The molecule has 0 fully saturated rings. The molecule has 2 aromatic rings. The minimum absolute atomic E-state index is 0.123. The summed E-state index contributed by atoms with van der Waals surface area (Å²) in [6.07, 6.45) is 0.00331. The molecule has 0 heterocycles. The minimum atomic E-state index is -3.67. The Bertz CT molecular complexity index is 969. The number of hydrogen-bond acceptors (Lipinski definition) is 5. The molecule has 2 N–H and O–H groups in total. The largest absolute Gasteiger partial charge is 0.489 e. The number of aliphatic hydroxyl groups excluding tert-OH is 1. The number of halogens is 2. The summed E-state index contributed by atoms with van der Waals surface area (Å²) in [5.74, 6) is -0.245. The van der Waals surface area contributed by atoms with Crippen LogP contribution in [0.2, 0.25) is 10.0 Å². The normalized spacial score (nSPS) is 12.3. The highest BCUT2D eigenvalue weighted by Gasteiger charge is 2.22. The molecule has 0 saturated carbocycles. The van der Waals surface area contributed by atoms with E-state index >= 15 is 0 Å². The van der Waals surface area contributed by atoms with Gasteiger partial charge >= 0.3 is 0 Å². The number of nitrogens with one attached hydrogen (secondary N) is 1. The summed E-state index contributed by atoms with van der Waals surface area (Å²) >= 11 is 11.9. The summed E-state index contributed by atoms with van der Waals surface area (Å²) < 4.78 is 30.7. The number of amides is 1. The Balaban J connectivity index is 1.92.